The summed E-state index contributed by atoms with van der Waals surface area (Å²) < 4.78 is 28.7. The van der Waals surface area contributed by atoms with Crippen LogP contribution in [-0.4, -0.2) is 25.3 Å². The number of halogens is 3. The molecule has 0 N–H and O–H groups in total. The summed E-state index contributed by atoms with van der Waals surface area (Å²) in [6, 6.07) is 10.2. The zero-order valence-corrected chi connectivity index (χ0v) is 18.5. The first-order chi connectivity index (χ1) is 12.6. The molecule has 2 aromatic carbocycles. The minimum atomic E-state index is -0.494. The van der Waals surface area contributed by atoms with Crippen LogP contribution < -0.4 is 0 Å². The van der Waals surface area contributed by atoms with Crippen molar-refractivity contribution in [2.75, 3.05) is 20.2 Å². The number of rotatable bonds is 7. The lowest BCUT2D eigenvalue weighted by molar-refractivity contribution is -0.150. The Labute approximate surface area is 174 Å². The zero-order valence-electron chi connectivity index (χ0n) is 17.7. The Kier molecular flexibility index (Phi) is 9.06. The lowest BCUT2D eigenvalue weighted by atomic mass is 9.85. The predicted molar refractivity (Wildman–Crippen MR) is 114 cm³/mol. The topological polar surface area (TPSA) is 12.5 Å². The molecule has 0 spiro atoms. The molecule has 156 valence electrons. The van der Waals surface area contributed by atoms with Crippen LogP contribution in [-0.2, 0) is 11.3 Å². The van der Waals surface area contributed by atoms with E-state index in [1.807, 2.05) is 37.1 Å². The Balaban J connectivity index is 0.00000392. The standard InChI is InChI=1S/C23H31F2NO.ClH/c1-16-9-7-10-17(2)22(16)18(14-26(27-6)15-23(3,4)5)13-19-20(24)11-8-12-21(19)25;/h7-12,18H,13-15H2,1-6H3;1H. The number of hydrogen-bond donors (Lipinski definition) is 0. The van der Waals surface area contributed by atoms with Crippen molar-refractivity contribution in [3.63, 3.8) is 0 Å². The van der Waals surface area contributed by atoms with Gasteiger partial charge in [0.1, 0.15) is 11.6 Å². The Morgan fingerprint density at radius 3 is 1.93 bits per heavy atom. The average Bonchev–Trinajstić information content (AvgIpc) is 2.55. The third-order valence-electron chi connectivity index (χ3n) is 4.80. The fraction of sp³-hybridized carbons (Fsp3) is 0.478. The molecular weight excluding hydrogens is 380 g/mol. The molecule has 0 amide bonds. The quantitative estimate of drug-likeness (QED) is 0.500. The van der Waals surface area contributed by atoms with E-state index in [1.165, 1.54) is 18.2 Å². The van der Waals surface area contributed by atoms with Crippen molar-refractivity contribution in [3.05, 3.63) is 70.3 Å². The van der Waals surface area contributed by atoms with Gasteiger partial charge in [0.25, 0.3) is 0 Å². The van der Waals surface area contributed by atoms with Crippen LogP contribution in [0.5, 0.6) is 0 Å². The molecule has 0 bridgehead atoms. The van der Waals surface area contributed by atoms with Crippen LogP contribution in [0.1, 0.15) is 48.9 Å². The summed E-state index contributed by atoms with van der Waals surface area (Å²) in [5, 5.41) is 1.90. The molecule has 0 fully saturated rings. The maximum atomic E-state index is 14.3. The van der Waals surface area contributed by atoms with E-state index in [0.29, 0.717) is 6.54 Å². The largest absolute Gasteiger partial charge is 0.302 e. The van der Waals surface area contributed by atoms with Gasteiger partial charge in [-0.2, -0.15) is 5.06 Å². The Hall–Kier alpha value is -1.49. The second-order valence-electron chi connectivity index (χ2n) is 8.47. The van der Waals surface area contributed by atoms with Gasteiger partial charge in [0.15, 0.2) is 0 Å². The highest BCUT2D eigenvalue weighted by Crippen LogP contribution is 2.31. The van der Waals surface area contributed by atoms with Gasteiger partial charge in [0.2, 0.25) is 0 Å². The first kappa shape index (κ1) is 24.5. The molecule has 2 aromatic rings. The molecule has 0 aliphatic carbocycles. The van der Waals surface area contributed by atoms with E-state index in [-0.39, 0.29) is 35.7 Å². The molecule has 2 rings (SSSR count). The Morgan fingerprint density at radius 1 is 0.964 bits per heavy atom. The SMILES string of the molecule is CON(CC(Cc1c(F)cccc1F)c1c(C)cccc1C)CC(C)(C)C.Cl. The molecule has 0 aliphatic heterocycles. The van der Waals surface area contributed by atoms with Gasteiger partial charge in [-0.05, 0) is 54.5 Å². The van der Waals surface area contributed by atoms with E-state index >= 15 is 0 Å². The maximum absolute atomic E-state index is 14.3. The first-order valence-corrected chi connectivity index (χ1v) is 9.40. The van der Waals surface area contributed by atoms with Gasteiger partial charge in [0, 0.05) is 24.6 Å². The molecule has 0 aliphatic rings. The molecule has 0 heterocycles. The molecule has 2 nitrogen and oxygen atoms in total. The summed E-state index contributed by atoms with van der Waals surface area (Å²) in [6.07, 6.45) is 0.286. The summed E-state index contributed by atoms with van der Waals surface area (Å²) in [4.78, 5) is 5.60. The predicted octanol–water partition coefficient (Wildman–Crippen LogP) is 6.24. The fourth-order valence-corrected chi connectivity index (χ4v) is 3.68. The van der Waals surface area contributed by atoms with Crippen LogP contribution in [0.3, 0.4) is 0 Å². The number of aryl methyl sites for hydroxylation is 2. The van der Waals surface area contributed by atoms with E-state index in [2.05, 4.69) is 20.8 Å². The molecular formula is C23H32ClF2NO. The van der Waals surface area contributed by atoms with Crippen LogP contribution in [0.15, 0.2) is 36.4 Å². The summed E-state index contributed by atoms with van der Waals surface area (Å²) in [5.74, 6) is -1.07. The fourth-order valence-electron chi connectivity index (χ4n) is 3.68. The number of nitrogens with zero attached hydrogens (tertiary/aromatic N) is 1. The lowest BCUT2D eigenvalue weighted by Crippen LogP contribution is -2.36. The van der Waals surface area contributed by atoms with Crippen molar-refractivity contribution < 1.29 is 13.6 Å². The number of benzene rings is 2. The van der Waals surface area contributed by atoms with E-state index in [4.69, 9.17) is 4.84 Å². The van der Waals surface area contributed by atoms with Crippen molar-refractivity contribution in [3.8, 4) is 0 Å². The monoisotopic (exact) mass is 411 g/mol. The van der Waals surface area contributed by atoms with Gasteiger partial charge in [-0.15, -0.1) is 12.4 Å². The van der Waals surface area contributed by atoms with Crippen molar-refractivity contribution in [2.45, 2.75) is 47.0 Å². The maximum Gasteiger partial charge on any atom is 0.129 e. The molecule has 0 saturated carbocycles. The smallest absolute Gasteiger partial charge is 0.129 e. The molecule has 0 radical (unpaired) electrons. The van der Waals surface area contributed by atoms with Crippen molar-refractivity contribution in [1.82, 2.24) is 5.06 Å². The summed E-state index contributed by atoms with van der Waals surface area (Å²) >= 11 is 0. The second kappa shape index (κ2) is 10.3. The summed E-state index contributed by atoms with van der Waals surface area (Å²) in [7, 11) is 1.65. The number of hydroxylamine groups is 2. The highest BCUT2D eigenvalue weighted by atomic mass is 35.5. The Bertz CT molecular complexity index is 733. The summed E-state index contributed by atoms with van der Waals surface area (Å²) in [5.41, 5.74) is 3.57. The van der Waals surface area contributed by atoms with Gasteiger partial charge < -0.3 is 4.84 Å². The van der Waals surface area contributed by atoms with Gasteiger partial charge in [-0.1, -0.05) is 45.0 Å². The Morgan fingerprint density at radius 2 is 1.46 bits per heavy atom. The third kappa shape index (κ3) is 6.54. The van der Waals surface area contributed by atoms with Crippen LogP contribution in [0.4, 0.5) is 8.78 Å². The summed E-state index contributed by atoms with van der Waals surface area (Å²) in [6.45, 7) is 11.8. The van der Waals surface area contributed by atoms with Gasteiger partial charge in [-0.3, -0.25) is 0 Å². The molecule has 5 heteroatoms. The van der Waals surface area contributed by atoms with Gasteiger partial charge >= 0.3 is 0 Å². The van der Waals surface area contributed by atoms with E-state index in [0.717, 1.165) is 23.2 Å². The normalized spacial score (nSPS) is 12.8. The average molecular weight is 412 g/mol. The zero-order chi connectivity index (χ0) is 20.2. The van der Waals surface area contributed by atoms with Crippen molar-refractivity contribution in [2.24, 2.45) is 5.41 Å². The molecule has 28 heavy (non-hydrogen) atoms. The van der Waals surface area contributed by atoms with Gasteiger partial charge in [-0.25, -0.2) is 8.78 Å². The van der Waals surface area contributed by atoms with E-state index in [9.17, 15) is 8.78 Å². The minimum Gasteiger partial charge on any atom is -0.302 e. The minimum absolute atomic E-state index is 0. The van der Waals surface area contributed by atoms with Crippen molar-refractivity contribution in [1.29, 1.82) is 0 Å². The van der Waals surface area contributed by atoms with E-state index < -0.39 is 11.6 Å². The molecule has 0 aromatic heterocycles. The van der Waals surface area contributed by atoms with Crippen LogP contribution >= 0.6 is 12.4 Å². The highest BCUT2D eigenvalue weighted by Gasteiger charge is 2.25. The van der Waals surface area contributed by atoms with Crippen LogP contribution in [0, 0.1) is 30.9 Å². The van der Waals surface area contributed by atoms with Crippen molar-refractivity contribution >= 4 is 12.4 Å². The lowest BCUT2D eigenvalue weighted by Gasteiger charge is -2.32. The third-order valence-corrected chi connectivity index (χ3v) is 4.80. The highest BCUT2D eigenvalue weighted by molar-refractivity contribution is 5.85. The van der Waals surface area contributed by atoms with Crippen LogP contribution in [0.25, 0.3) is 0 Å². The molecule has 0 saturated heterocycles. The number of hydrogen-bond acceptors (Lipinski definition) is 2. The molecule has 1 unspecified atom stereocenters. The van der Waals surface area contributed by atoms with E-state index in [1.54, 1.807) is 7.11 Å². The first-order valence-electron chi connectivity index (χ1n) is 9.40. The second-order valence-corrected chi connectivity index (χ2v) is 8.47. The van der Waals surface area contributed by atoms with Crippen LogP contribution in [0.2, 0.25) is 0 Å². The molecule has 1 atom stereocenters. The van der Waals surface area contributed by atoms with Gasteiger partial charge in [0.05, 0.1) is 7.11 Å².